The van der Waals surface area contributed by atoms with E-state index < -0.39 is 6.10 Å². The Morgan fingerprint density at radius 2 is 0.847 bits per heavy atom. The number of aliphatic hydroxyl groups excluding tert-OH is 1. The molecule has 3 aliphatic heterocycles. The van der Waals surface area contributed by atoms with Crippen molar-refractivity contribution in [2.75, 3.05) is 39.6 Å². The molecule has 3 unspecified atom stereocenters. The third-order valence-corrected chi connectivity index (χ3v) is 10.7. The molecule has 3 fully saturated rings. The van der Waals surface area contributed by atoms with Gasteiger partial charge in [-0.15, -0.1) is 0 Å². The number of aliphatic hydroxyl groups is 1. The number of ether oxygens (including phenoxy) is 8. The second-order valence-corrected chi connectivity index (χ2v) is 16.9. The first-order valence-corrected chi connectivity index (χ1v) is 20.7. The Morgan fingerprint density at radius 3 is 1.19 bits per heavy atom. The van der Waals surface area contributed by atoms with Crippen molar-refractivity contribution in [3.8, 4) is 28.7 Å². The smallest absolute Gasteiger partial charge is 0.223 e. The van der Waals surface area contributed by atoms with Crippen LogP contribution in [0.4, 0.5) is 0 Å². The molecule has 0 saturated carbocycles. The molecule has 0 bridgehead atoms. The molecule has 9 heteroatoms. The standard InChI is InChI=1S/C37H40O7.C13H18O2/c1-36(2,27-9-17-32(18-10-27)43-34-23-41-34)25-5-13-30(14-6-25)39-21-29(38)22-40-31-15-7-26(8-16-31)37(3,4)28-11-19-33(20-12-28)44-35-24-42-35;1-10(2)7-11-3-5-12(6-4-11)14-8-13-9-15-13/h5-20,29,34-35,38H,21-24H2,1-4H3;3-6,10,13H,7-9H2,1-2H3. The van der Waals surface area contributed by atoms with E-state index >= 15 is 0 Å². The van der Waals surface area contributed by atoms with Gasteiger partial charge in [0.25, 0.3) is 0 Å². The van der Waals surface area contributed by atoms with Crippen LogP contribution in [-0.2, 0) is 31.5 Å². The van der Waals surface area contributed by atoms with Gasteiger partial charge >= 0.3 is 0 Å². The number of rotatable bonds is 19. The summed E-state index contributed by atoms with van der Waals surface area (Å²) in [6.07, 6.45) is 0.488. The van der Waals surface area contributed by atoms with Crippen molar-refractivity contribution < 1.29 is 43.0 Å². The monoisotopic (exact) mass is 802 g/mol. The molecule has 59 heavy (non-hydrogen) atoms. The number of epoxide rings is 3. The van der Waals surface area contributed by atoms with Gasteiger partial charge in [0.05, 0.1) is 6.61 Å². The van der Waals surface area contributed by atoms with Gasteiger partial charge in [0, 0.05) is 10.8 Å². The molecule has 0 spiro atoms. The fourth-order valence-electron chi connectivity index (χ4n) is 6.67. The van der Waals surface area contributed by atoms with Crippen molar-refractivity contribution in [2.24, 2.45) is 5.92 Å². The molecular formula is C50H58O9. The first-order valence-electron chi connectivity index (χ1n) is 20.7. The minimum Gasteiger partial charge on any atom is -0.491 e. The van der Waals surface area contributed by atoms with Crippen LogP contribution in [0.1, 0.15) is 69.4 Å². The molecule has 0 amide bonds. The van der Waals surface area contributed by atoms with Crippen LogP contribution < -0.4 is 23.7 Å². The van der Waals surface area contributed by atoms with Crippen LogP contribution in [0.15, 0.2) is 121 Å². The molecule has 8 rings (SSSR count). The van der Waals surface area contributed by atoms with E-state index in [0.717, 1.165) is 41.4 Å². The number of hydrogen-bond donors (Lipinski definition) is 1. The third kappa shape index (κ3) is 12.5. The Labute approximate surface area is 349 Å². The van der Waals surface area contributed by atoms with Gasteiger partial charge in [-0.25, -0.2) is 0 Å². The Balaban J connectivity index is 0.000000295. The van der Waals surface area contributed by atoms with Gasteiger partial charge in [-0.05, 0) is 101 Å². The highest BCUT2D eigenvalue weighted by Gasteiger charge is 2.28. The van der Waals surface area contributed by atoms with Gasteiger partial charge in [-0.1, -0.05) is 102 Å². The molecule has 1 N–H and O–H groups in total. The van der Waals surface area contributed by atoms with Crippen molar-refractivity contribution in [1.82, 2.24) is 0 Å². The molecule has 9 nitrogen and oxygen atoms in total. The van der Waals surface area contributed by atoms with Gasteiger partial charge in [-0.2, -0.15) is 0 Å². The second kappa shape index (κ2) is 18.9. The van der Waals surface area contributed by atoms with Crippen LogP contribution in [0.5, 0.6) is 28.7 Å². The van der Waals surface area contributed by atoms with Crippen LogP contribution in [0, 0.1) is 5.92 Å². The Morgan fingerprint density at radius 1 is 0.508 bits per heavy atom. The lowest BCUT2D eigenvalue weighted by atomic mass is 9.78. The molecular weight excluding hydrogens is 745 g/mol. The van der Waals surface area contributed by atoms with Gasteiger partial charge < -0.3 is 43.0 Å². The molecule has 3 aliphatic rings. The highest BCUT2D eigenvalue weighted by molar-refractivity contribution is 5.43. The Hall–Kier alpha value is -5.06. The molecule has 0 radical (unpaired) electrons. The fraction of sp³-hybridized carbons (Fsp3) is 0.400. The minimum atomic E-state index is -0.772. The molecule has 0 aromatic heterocycles. The van der Waals surface area contributed by atoms with Crippen molar-refractivity contribution in [3.63, 3.8) is 0 Å². The van der Waals surface area contributed by atoms with E-state index in [2.05, 4.69) is 102 Å². The van der Waals surface area contributed by atoms with Gasteiger partial charge in [0.2, 0.25) is 12.6 Å². The normalized spacial score (nSPS) is 18.5. The topological polar surface area (TPSA) is 104 Å². The maximum absolute atomic E-state index is 10.5. The minimum absolute atomic E-state index is 0.102. The van der Waals surface area contributed by atoms with E-state index in [1.165, 1.54) is 16.7 Å². The predicted molar refractivity (Wildman–Crippen MR) is 228 cm³/mol. The summed E-state index contributed by atoms with van der Waals surface area (Å²) in [7, 11) is 0. The van der Waals surface area contributed by atoms with E-state index in [0.29, 0.717) is 43.3 Å². The van der Waals surface area contributed by atoms with Crippen LogP contribution >= 0.6 is 0 Å². The van der Waals surface area contributed by atoms with E-state index in [4.69, 9.17) is 37.9 Å². The first kappa shape index (κ1) is 42.1. The lowest BCUT2D eigenvalue weighted by Gasteiger charge is -2.26. The average molecular weight is 803 g/mol. The molecule has 3 atom stereocenters. The lowest BCUT2D eigenvalue weighted by molar-refractivity contribution is 0.0626. The molecule has 312 valence electrons. The maximum Gasteiger partial charge on any atom is 0.223 e. The summed E-state index contributed by atoms with van der Waals surface area (Å²) < 4.78 is 44.0. The Kier molecular flexibility index (Phi) is 13.5. The quantitative estimate of drug-likeness (QED) is 0.0819. The van der Waals surface area contributed by atoms with E-state index in [-0.39, 0.29) is 36.6 Å². The van der Waals surface area contributed by atoms with Crippen molar-refractivity contribution >= 4 is 0 Å². The molecule has 5 aromatic rings. The molecule has 3 heterocycles. The summed E-state index contributed by atoms with van der Waals surface area (Å²) in [4.78, 5) is 0. The van der Waals surface area contributed by atoms with E-state index in [9.17, 15) is 5.11 Å². The van der Waals surface area contributed by atoms with Crippen LogP contribution in [0.3, 0.4) is 0 Å². The van der Waals surface area contributed by atoms with Crippen LogP contribution in [0.25, 0.3) is 0 Å². The van der Waals surface area contributed by atoms with Crippen molar-refractivity contribution in [1.29, 1.82) is 0 Å². The zero-order valence-corrected chi connectivity index (χ0v) is 35.1. The summed E-state index contributed by atoms with van der Waals surface area (Å²) >= 11 is 0. The lowest BCUT2D eigenvalue weighted by Crippen LogP contribution is -2.25. The molecule has 0 aliphatic carbocycles. The largest absolute Gasteiger partial charge is 0.491 e. The van der Waals surface area contributed by atoms with E-state index in [1.807, 2.05) is 60.7 Å². The summed E-state index contributed by atoms with van der Waals surface area (Å²) in [5.74, 6) is 4.67. The molecule has 3 saturated heterocycles. The average Bonchev–Trinajstić information content (AvgIpc) is 4.08. The third-order valence-electron chi connectivity index (χ3n) is 10.7. The first-order chi connectivity index (χ1) is 28.4. The maximum atomic E-state index is 10.5. The van der Waals surface area contributed by atoms with Gasteiger partial charge in [-0.3, -0.25) is 0 Å². The summed E-state index contributed by atoms with van der Waals surface area (Å²) in [6, 6.07) is 40.7. The van der Waals surface area contributed by atoms with Crippen LogP contribution in [0.2, 0.25) is 0 Å². The second-order valence-electron chi connectivity index (χ2n) is 16.9. The zero-order valence-electron chi connectivity index (χ0n) is 35.1. The summed E-state index contributed by atoms with van der Waals surface area (Å²) in [5, 5.41) is 10.5. The number of hydrogen-bond acceptors (Lipinski definition) is 9. The highest BCUT2D eigenvalue weighted by atomic mass is 16.8. The predicted octanol–water partition coefficient (Wildman–Crippen LogP) is 9.29. The van der Waals surface area contributed by atoms with Gasteiger partial charge in [0.1, 0.15) is 74.0 Å². The summed E-state index contributed by atoms with van der Waals surface area (Å²) in [6.45, 7) is 16.3. The highest BCUT2D eigenvalue weighted by Crippen LogP contribution is 2.35. The van der Waals surface area contributed by atoms with E-state index in [1.54, 1.807) is 0 Å². The SMILES string of the molecule is CC(C)(c1ccc(OCC(O)COc2ccc(C(C)(C)c3ccc(OC4CO4)cc3)cc2)cc1)c1ccc(OC2CO2)cc1.CC(C)Cc1ccc(OCC2CO2)cc1. The molecule has 5 aromatic carbocycles. The Bertz CT molecular complexity index is 1910. The fourth-order valence-corrected chi connectivity index (χ4v) is 6.67. The number of benzene rings is 5. The van der Waals surface area contributed by atoms with Crippen LogP contribution in [-0.4, -0.2) is 69.5 Å². The summed E-state index contributed by atoms with van der Waals surface area (Å²) in [5.41, 5.74) is 5.67. The van der Waals surface area contributed by atoms with Crippen molar-refractivity contribution in [3.05, 3.63) is 149 Å². The van der Waals surface area contributed by atoms with Gasteiger partial charge in [0.15, 0.2) is 0 Å². The van der Waals surface area contributed by atoms with Crippen molar-refractivity contribution in [2.45, 2.75) is 83.6 Å². The zero-order chi connectivity index (χ0) is 41.4.